The molecule has 0 bridgehead atoms. The van der Waals surface area contributed by atoms with Gasteiger partial charge >= 0.3 is 5.97 Å². The number of carboxylic acids is 1. The lowest BCUT2D eigenvalue weighted by Crippen LogP contribution is -2.32. The number of nitrogens with two attached hydrogens (primary N) is 2. The highest BCUT2D eigenvalue weighted by molar-refractivity contribution is 5.83. The fourth-order valence-electron chi connectivity index (χ4n) is 3.47. The number of aromatic nitrogens is 3. The van der Waals surface area contributed by atoms with Gasteiger partial charge in [-0.25, -0.2) is 0 Å². The zero-order valence-corrected chi connectivity index (χ0v) is 17.6. The van der Waals surface area contributed by atoms with Crippen LogP contribution in [0.15, 0.2) is 66.7 Å². The molecule has 0 aliphatic carbocycles. The van der Waals surface area contributed by atoms with Crippen molar-refractivity contribution in [3.05, 3.63) is 77.9 Å². The molecule has 0 saturated carbocycles. The molecule has 2 atom stereocenters. The highest BCUT2D eigenvalue weighted by Gasteiger charge is 2.14. The second-order valence-electron chi connectivity index (χ2n) is 7.66. The monoisotopic (exact) mass is 428 g/mol. The van der Waals surface area contributed by atoms with E-state index in [4.69, 9.17) is 16.6 Å². The molecule has 0 fully saturated rings. The van der Waals surface area contributed by atoms with Crippen LogP contribution in [0, 0.1) is 0 Å². The van der Waals surface area contributed by atoms with Crippen molar-refractivity contribution in [3.63, 3.8) is 0 Å². The smallest absolute Gasteiger partial charge is 0.320 e. The van der Waals surface area contributed by atoms with Gasteiger partial charge in [-0.15, -0.1) is 0 Å². The van der Waals surface area contributed by atoms with Crippen LogP contribution >= 0.6 is 0 Å². The van der Waals surface area contributed by atoms with E-state index in [0.29, 0.717) is 11.8 Å². The number of rotatable bonds is 7. The van der Waals surface area contributed by atoms with Crippen molar-refractivity contribution >= 4 is 28.6 Å². The molecule has 0 aliphatic rings. The number of hydrogen-bond donors (Lipinski definition) is 4. The minimum atomic E-state index is -1.03. The van der Waals surface area contributed by atoms with Gasteiger partial charge in [0, 0.05) is 5.56 Å². The minimum absolute atomic E-state index is 0.0471. The van der Waals surface area contributed by atoms with Crippen molar-refractivity contribution in [3.8, 4) is 11.4 Å². The second kappa shape index (κ2) is 8.99. The van der Waals surface area contributed by atoms with Crippen molar-refractivity contribution in [1.82, 2.24) is 15.0 Å². The highest BCUT2D eigenvalue weighted by Crippen LogP contribution is 2.24. The number of carboxylic acid groups (broad SMARTS) is 1. The molecule has 0 aliphatic heterocycles. The van der Waals surface area contributed by atoms with Crippen LogP contribution in [-0.2, 0) is 11.2 Å². The van der Waals surface area contributed by atoms with E-state index < -0.39 is 12.0 Å². The van der Waals surface area contributed by atoms with Crippen molar-refractivity contribution in [1.29, 1.82) is 0 Å². The molecule has 3 aromatic carbocycles. The molecule has 0 saturated heterocycles. The van der Waals surface area contributed by atoms with Gasteiger partial charge in [0.25, 0.3) is 0 Å². The molecule has 1 heterocycles. The number of carbonyl (C=O) groups is 1. The van der Waals surface area contributed by atoms with Gasteiger partial charge in [0.05, 0.1) is 6.04 Å². The normalized spacial score (nSPS) is 12.9. The average molecular weight is 428 g/mol. The Hall–Kier alpha value is -4.04. The summed E-state index contributed by atoms with van der Waals surface area (Å²) in [4.78, 5) is 23.9. The maximum Gasteiger partial charge on any atom is 0.320 e. The molecule has 6 N–H and O–H groups in total. The molecule has 4 aromatic rings. The Bertz CT molecular complexity index is 1260. The summed E-state index contributed by atoms with van der Waals surface area (Å²) in [6.45, 7) is 2.03. The van der Waals surface area contributed by atoms with Crippen molar-refractivity contribution in [2.24, 2.45) is 5.73 Å². The number of hydrogen-bond acceptors (Lipinski definition) is 7. The standard InChI is InChI=1S/C24H24N6O2/c1-14(18-11-10-16-4-2-3-5-19(16)13-18)27-24-29-21(28-23(26)30-24)17-8-6-15(7-9-17)12-20(25)22(31)32/h2-11,13-14,20H,12,25H2,1H3,(H,31,32)(H3,26,27,28,29,30)/t14?,20-/m0/s1. The summed E-state index contributed by atoms with van der Waals surface area (Å²) < 4.78 is 0. The first-order chi connectivity index (χ1) is 15.4. The lowest BCUT2D eigenvalue weighted by atomic mass is 10.0. The molecule has 1 unspecified atom stereocenters. The SMILES string of the molecule is CC(Nc1nc(N)nc(-c2ccc(C[C@H](N)C(=O)O)cc2)n1)c1ccc2ccccc2c1. The van der Waals surface area contributed by atoms with Crippen LogP contribution in [0.4, 0.5) is 11.9 Å². The van der Waals surface area contributed by atoms with Gasteiger partial charge in [0.2, 0.25) is 11.9 Å². The Kier molecular flexibility index (Phi) is 5.96. The van der Waals surface area contributed by atoms with E-state index >= 15 is 0 Å². The summed E-state index contributed by atoms with van der Waals surface area (Å²) in [7, 11) is 0. The van der Waals surface area contributed by atoms with Gasteiger partial charge in [0.1, 0.15) is 6.04 Å². The molecule has 0 amide bonds. The fourth-order valence-corrected chi connectivity index (χ4v) is 3.47. The molecule has 4 rings (SSSR count). The average Bonchev–Trinajstić information content (AvgIpc) is 2.78. The quantitative estimate of drug-likeness (QED) is 0.351. The third-order valence-corrected chi connectivity index (χ3v) is 5.26. The Labute approximate surface area is 185 Å². The van der Waals surface area contributed by atoms with E-state index in [0.717, 1.165) is 22.1 Å². The maximum absolute atomic E-state index is 10.9. The molecule has 1 aromatic heterocycles. The van der Waals surface area contributed by atoms with Crippen molar-refractivity contribution < 1.29 is 9.90 Å². The largest absolute Gasteiger partial charge is 0.480 e. The van der Waals surface area contributed by atoms with Crippen LogP contribution in [0.3, 0.4) is 0 Å². The number of nitrogens with one attached hydrogen (secondary N) is 1. The van der Waals surface area contributed by atoms with Crippen molar-refractivity contribution in [2.45, 2.75) is 25.4 Å². The van der Waals surface area contributed by atoms with Gasteiger partial charge in [0.15, 0.2) is 5.82 Å². The summed E-state index contributed by atoms with van der Waals surface area (Å²) in [6.07, 6.45) is 0.241. The van der Waals surface area contributed by atoms with Gasteiger partial charge in [-0.3, -0.25) is 4.79 Å². The number of nitrogens with zero attached hydrogens (tertiary/aromatic N) is 3. The first kappa shape index (κ1) is 21.2. The number of anilines is 2. The summed E-state index contributed by atoms with van der Waals surface area (Å²) in [6, 6.07) is 20.8. The number of fused-ring (bicyclic) bond motifs is 1. The first-order valence-corrected chi connectivity index (χ1v) is 10.2. The third kappa shape index (κ3) is 4.81. The minimum Gasteiger partial charge on any atom is -0.480 e. The zero-order valence-electron chi connectivity index (χ0n) is 17.6. The fraction of sp³-hybridized carbons (Fsp3) is 0.167. The van der Waals surface area contributed by atoms with Gasteiger partial charge in [-0.1, -0.05) is 60.7 Å². The Balaban J connectivity index is 1.53. The molecule has 162 valence electrons. The number of nitrogen functional groups attached to an aromatic ring is 1. The predicted molar refractivity (Wildman–Crippen MR) is 125 cm³/mol. The van der Waals surface area contributed by atoms with Crippen molar-refractivity contribution in [2.75, 3.05) is 11.1 Å². The van der Waals surface area contributed by atoms with Crippen LogP contribution in [0.2, 0.25) is 0 Å². The lowest BCUT2D eigenvalue weighted by Gasteiger charge is -2.16. The van der Waals surface area contributed by atoms with E-state index in [-0.39, 0.29) is 18.4 Å². The van der Waals surface area contributed by atoms with Crippen LogP contribution in [0.5, 0.6) is 0 Å². The lowest BCUT2D eigenvalue weighted by molar-refractivity contribution is -0.138. The Morgan fingerprint density at radius 1 is 1.00 bits per heavy atom. The van der Waals surface area contributed by atoms with Crippen LogP contribution in [-0.4, -0.2) is 32.1 Å². The molecule has 0 radical (unpaired) electrons. The van der Waals surface area contributed by atoms with E-state index in [1.54, 1.807) is 0 Å². The predicted octanol–water partition coefficient (Wildman–Crippen LogP) is 3.40. The zero-order chi connectivity index (χ0) is 22.7. The molecular formula is C24H24N6O2. The molecular weight excluding hydrogens is 404 g/mol. The maximum atomic E-state index is 10.9. The number of benzene rings is 3. The van der Waals surface area contributed by atoms with Crippen LogP contribution in [0.1, 0.15) is 24.1 Å². The number of aliphatic carboxylic acids is 1. The van der Waals surface area contributed by atoms with E-state index in [1.165, 1.54) is 5.39 Å². The Morgan fingerprint density at radius 2 is 1.72 bits per heavy atom. The first-order valence-electron chi connectivity index (χ1n) is 10.2. The van der Waals surface area contributed by atoms with E-state index in [1.807, 2.05) is 43.3 Å². The summed E-state index contributed by atoms with van der Waals surface area (Å²) >= 11 is 0. The summed E-state index contributed by atoms with van der Waals surface area (Å²) in [5.41, 5.74) is 14.2. The van der Waals surface area contributed by atoms with Crippen LogP contribution < -0.4 is 16.8 Å². The second-order valence-corrected chi connectivity index (χ2v) is 7.66. The van der Waals surface area contributed by atoms with E-state index in [9.17, 15) is 4.79 Å². The molecule has 8 nitrogen and oxygen atoms in total. The van der Waals surface area contributed by atoms with Gasteiger partial charge < -0.3 is 21.9 Å². The van der Waals surface area contributed by atoms with Gasteiger partial charge in [-0.2, -0.15) is 15.0 Å². The van der Waals surface area contributed by atoms with Gasteiger partial charge in [-0.05, 0) is 41.3 Å². The molecule has 32 heavy (non-hydrogen) atoms. The third-order valence-electron chi connectivity index (χ3n) is 5.26. The summed E-state index contributed by atoms with van der Waals surface area (Å²) in [5.74, 6) is -0.110. The van der Waals surface area contributed by atoms with Crippen LogP contribution in [0.25, 0.3) is 22.2 Å². The Morgan fingerprint density at radius 3 is 2.44 bits per heavy atom. The molecule has 8 heteroatoms. The topological polar surface area (TPSA) is 140 Å². The summed E-state index contributed by atoms with van der Waals surface area (Å²) in [5, 5.41) is 14.6. The van der Waals surface area contributed by atoms with E-state index in [2.05, 4.69) is 50.6 Å². The highest BCUT2D eigenvalue weighted by atomic mass is 16.4. The molecule has 0 spiro atoms.